The average Bonchev–Trinajstić information content (AvgIpc) is 3.20. The van der Waals surface area contributed by atoms with Crippen LogP contribution < -0.4 is 14.8 Å². The lowest BCUT2D eigenvalue weighted by atomic mass is 10.1. The van der Waals surface area contributed by atoms with Gasteiger partial charge >= 0.3 is 6.18 Å². The Morgan fingerprint density at radius 1 is 1.18 bits per heavy atom. The first-order valence-electron chi connectivity index (χ1n) is 9.49. The van der Waals surface area contributed by atoms with Crippen LogP contribution in [0.2, 0.25) is 5.02 Å². The summed E-state index contributed by atoms with van der Waals surface area (Å²) in [7, 11) is 1.42. The molecule has 0 bridgehead atoms. The van der Waals surface area contributed by atoms with E-state index in [9.17, 15) is 18.0 Å². The summed E-state index contributed by atoms with van der Waals surface area (Å²) in [6.45, 7) is -0.335. The fraction of sp³-hybridized carbons (Fsp3) is 0.143. The molecule has 1 amide bonds. The summed E-state index contributed by atoms with van der Waals surface area (Å²) in [6, 6.07) is 5.93. The maximum Gasteiger partial charge on any atom is 0.417 e. The molecule has 0 aliphatic carbocycles. The second kappa shape index (κ2) is 9.14. The van der Waals surface area contributed by atoms with Crippen LogP contribution in [-0.4, -0.2) is 33.2 Å². The number of pyridine rings is 2. The second-order valence-corrected chi connectivity index (χ2v) is 7.27. The van der Waals surface area contributed by atoms with Crippen LogP contribution in [0.15, 0.2) is 42.7 Å². The summed E-state index contributed by atoms with van der Waals surface area (Å²) in [5.41, 5.74) is -0.631. The van der Waals surface area contributed by atoms with Gasteiger partial charge in [-0.05, 0) is 30.3 Å². The fourth-order valence-corrected chi connectivity index (χ4v) is 3.21. The zero-order valence-electron chi connectivity index (χ0n) is 17.2. The molecule has 0 fully saturated rings. The number of nitrogens with zero attached hydrogens (tertiary/aromatic N) is 3. The Bertz CT molecular complexity index is 1360. The van der Waals surface area contributed by atoms with Crippen molar-refractivity contribution in [3.05, 3.63) is 70.4 Å². The average molecular weight is 496 g/mol. The highest BCUT2D eigenvalue weighted by Gasteiger charge is 2.30. The molecule has 1 aromatic carbocycles. The summed E-state index contributed by atoms with van der Waals surface area (Å²) in [4.78, 5) is 20.5. The molecule has 4 aromatic rings. The van der Waals surface area contributed by atoms with Crippen LogP contribution in [0.25, 0.3) is 11.0 Å². The van der Waals surface area contributed by atoms with E-state index in [-0.39, 0.29) is 34.6 Å². The number of fused-ring (bicyclic) bond motifs is 1. The Balaban J connectivity index is 1.52. The van der Waals surface area contributed by atoms with Crippen molar-refractivity contribution in [1.29, 1.82) is 0 Å². The molecular weight excluding hydrogens is 482 g/mol. The van der Waals surface area contributed by atoms with Gasteiger partial charge in [-0.3, -0.25) is 14.9 Å². The molecule has 8 nitrogen and oxygen atoms in total. The van der Waals surface area contributed by atoms with Gasteiger partial charge in [0.25, 0.3) is 5.91 Å². The number of carbonyl (C=O) groups is 1. The smallest absolute Gasteiger partial charge is 0.417 e. The highest BCUT2D eigenvalue weighted by Crippen LogP contribution is 2.31. The van der Waals surface area contributed by atoms with E-state index in [2.05, 4.69) is 25.5 Å². The number of anilines is 1. The Hall–Kier alpha value is -3.93. The van der Waals surface area contributed by atoms with E-state index in [1.165, 1.54) is 31.5 Å². The molecule has 13 heteroatoms. The van der Waals surface area contributed by atoms with Gasteiger partial charge in [0.2, 0.25) is 5.88 Å². The van der Waals surface area contributed by atoms with Crippen molar-refractivity contribution in [3.8, 4) is 11.6 Å². The standard InChI is InChI=1S/C21H14ClF4N5O3/c1-33-20-13-6-12(8-28-18(13)30-31-20)29-19(32)16-14(22)4-5-15(17(16)23)34-9-11-3-2-10(7-27-11)21(24,25)26/h2-8H,9H2,1H3,(H,29,32)(H,28,30,31). The molecule has 176 valence electrons. The summed E-state index contributed by atoms with van der Waals surface area (Å²) in [5, 5.41) is 9.39. The number of carbonyl (C=O) groups excluding carboxylic acids is 1. The van der Waals surface area contributed by atoms with E-state index < -0.39 is 29.0 Å². The van der Waals surface area contributed by atoms with E-state index in [0.29, 0.717) is 17.2 Å². The molecule has 3 heterocycles. The molecule has 0 saturated carbocycles. The summed E-state index contributed by atoms with van der Waals surface area (Å²) >= 11 is 6.04. The minimum atomic E-state index is -4.53. The lowest BCUT2D eigenvalue weighted by molar-refractivity contribution is -0.137. The Labute approximate surface area is 193 Å². The number of amides is 1. The van der Waals surface area contributed by atoms with Gasteiger partial charge in [-0.2, -0.15) is 13.2 Å². The van der Waals surface area contributed by atoms with Gasteiger partial charge in [0.1, 0.15) is 6.61 Å². The minimum Gasteiger partial charge on any atom is -0.484 e. The number of methoxy groups -OCH3 is 1. The predicted molar refractivity (Wildman–Crippen MR) is 113 cm³/mol. The normalized spacial score (nSPS) is 11.5. The summed E-state index contributed by atoms with van der Waals surface area (Å²) in [5.74, 6) is -1.99. The molecule has 0 atom stereocenters. The number of aromatic amines is 1. The number of benzene rings is 1. The highest BCUT2D eigenvalue weighted by atomic mass is 35.5. The van der Waals surface area contributed by atoms with Crippen molar-refractivity contribution in [1.82, 2.24) is 20.2 Å². The van der Waals surface area contributed by atoms with Crippen molar-refractivity contribution in [2.75, 3.05) is 12.4 Å². The van der Waals surface area contributed by atoms with Gasteiger partial charge in [0.05, 0.1) is 46.2 Å². The molecule has 0 aliphatic heterocycles. The number of nitrogens with one attached hydrogen (secondary N) is 2. The van der Waals surface area contributed by atoms with E-state index >= 15 is 4.39 Å². The van der Waals surface area contributed by atoms with E-state index in [4.69, 9.17) is 21.1 Å². The number of rotatable bonds is 6. The van der Waals surface area contributed by atoms with Crippen LogP contribution in [-0.2, 0) is 12.8 Å². The number of halogens is 5. The van der Waals surface area contributed by atoms with Gasteiger partial charge < -0.3 is 14.8 Å². The van der Waals surface area contributed by atoms with Gasteiger partial charge in [-0.25, -0.2) is 9.37 Å². The molecule has 34 heavy (non-hydrogen) atoms. The molecule has 2 N–H and O–H groups in total. The molecule has 3 aromatic heterocycles. The maximum absolute atomic E-state index is 15.0. The first kappa shape index (κ1) is 23.2. The quantitative estimate of drug-likeness (QED) is 0.365. The van der Waals surface area contributed by atoms with Crippen molar-refractivity contribution < 1.29 is 31.8 Å². The topological polar surface area (TPSA) is 102 Å². The number of ether oxygens (including phenoxy) is 2. The highest BCUT2D eigenvalue weighted by molar-refractivity contribution is 6.34. The predicted octanol–water partition coefficient (Wildman–Crippen LogP) is 5.00. The number of alkyl halides is 3. The van der Waals surface area contributed by atoms with E-state index in [1.807, 2.05) is 0 Å². The summed E-state index contributed by atoms with van der Waals surface area (Å²) in [6.07, 6.45) is -2.55. The Morgan fingerprint density at radius 3 is 2.65 bits per heavy atom. The molecular formula is C21H14ClF4N5O3. The molecule has 4 rings (SSSR count). The van der Waals surface area contributed by atoms with Crippen molar-refractivity contribution >= 4 is 34.2 Å². The third kappa shape index (κ3) is 4.71. The van der Waals surface area contributed by atoms with Crippen molar-refractivity contribution in [2.45, 2.75) is 12.8 Å². The van der Waals surface area contributed by atoms with Crippen LogP contribution in [0, 0.1) is 5.82 Å². The number of hydrogen-bond acceptors (Lipinski definition) is 6. The number of H-pyrrole nitrogens is 1. The molecule has 0 unspecified atom stereocenters. The Kier molecular flexibility index (Phi) is 6.24. The Morgan fingerprint density at radius 2 is 1.97 bits per heavy atom. The SMILES string of the molecule is COc1n[nH]c2ncc(NC(=O)c3c(Cl)ccc(OCc4ccc(C(F)(F)F)cn4)c3F)cc12. The first-order valence-corrected chi connectivity index (χ1v) is 9.87. The van der Waals surface area contributed by atoms with Gasteiger partial charge in [-0.15, -0.1) is 5.10 Å². The summed E-state index contributed by atoms with van der Waals surface area (Å²) < 4.78 is 63.4. The molecule has 0 saturated heterocycles. The van der Waals surface area contributed by atoms with Gasteiger partial charge in [0, 0.05) is 6.20 Å². The third-order valence-corrected chi connectivity index (χ3v) is 4.96. The molecule has 0 radical (unpaired) electrons. The van der Waals surface area contributed by atoms with E-state index in [0.717, 1.165) is 12.1 Å². The van der Waals surface area contributed by atoms with E-state index in [1.54, 1.807) is 0 Å². The lowest BCUT2D eigenvalue weighted by Gasteiger charge is -2.12. The molecule has 0 aliphatic rings. The second-order valence-electron chi connectivity index (χ2n) is 6.87. The monoisotopic (exact) mass is 495 g/mol. The zero-order valence-corrected chi connectivity index (χ0v) is 18.0. The molecule has 0 spiro atoms. The van der Waals surface area contributed by atoms with Crippen molar-refractivity contribution in [3.63, 3.8) is 0 Å². The number of hydrogen-bond donors (Lipinski definition) is 2. The fourth-order valence-electron chi connectivity index (χ4n) is 2.98. The van der Waals surface area contributed by atoms with Gasteiger partial charge in [0.15, 0.2) is 17.2 Å². The van der Waals surface area contributed by atoms with Gasteiger partial charge in [-0.1, -0.05) is 11.6 Å². The number of aromatic nitrogens is 4. The van der Waals surface area contributed by atoms with Crippen LogP contribution in [0.3, 0.4) is 0 Å². The van der Waals surface area contributed by atoms with Crippen molar-refractivity contribution in [2.24, 2.45) is 0 Å². The third-order valence-electron chi connectivity index (χ3n) is 4.64. The largest absolute Gasteiger partial charge is 0.484 e. The minimum absolute atomic E-state index is 0.127. The lowest BCUT2D eigenvalue weighted by Crippen LogP contribution is -2.15. The van der Waals surface area contributed by atoms with Crippen LogP contribution in [0.4, 0.5) is 23.2 Å². The van der Waals surface area contributed by atoms with Crippen LogP contribution in [0.5, 0.6) is 11.6 Å². The van der Waals surface area contributed by atoms with Crippen LogP contribution >= 0.6 is 11.6 Å². The first-order chi connectivity index (χ1) is 16.2. The maximum atomic E-state index is 15.0. The van der Waals surface area contributed by atoms with Crippen LogP contribution in [0.1, 0.15) is 21.6 Å². The zero-order chi connectivity index (χ0) is 24.5.